The minimum atomic E-state index is -0.626. The summed E-state index contributed by atoms with van der Waals surface area (Å²) in [5.74, 6) is 0.195. The van der Waals surface area contributed by atoms with E-state index in [4.69, 9.17) is 12.2 Å². The molecule has 112 valence electrons. The zero-order chi connectivity index (χ0) is 15.8. The molecule has 0 bridgehead atoms. The maximum atomic E-state index is 11.8. The van der Waals surface area contributed by atoms with E-state index in [0.29, 0.717) is 15.6 Å². The van der Waals surface area contributed by atoms with E-state index >= 15 is 0 Å². The Morgan fingerprint density at radius 3 is 2.14 bits per heavy atom. The van der Waals surface area contributed by atoms with Gasteiger partial charge in [0.05, 0.1) is 0 Å². The third-order valence-corrected chi connectivity index (χ3v) is 3.99. The highest BCUT2D eigenvalue weighted by Gasteiger charge is 2.11. The molecule has 0 saturated heterocycles. The van der Waals surface area contributed by atoms with Crippen LogP contribution >= 0.6 is 24.0 Å². The molecule has 2 rings (SSSR count). The largest absolute Gasteiger partial charge is 0.327 e. The Morgan fingerprint density at radius 2 is 1.50 bits per heavy atom. The number of benzene rings is 2. The van der Waals surface area contributed by atoms with Crippen LogP contribution in [0.2, 0.25) is 0 Å². The van der Waals surface area contributed by atoms with E-state index in [9.17, 15) is 9.59 Å². The number of thiocarbonyl (C=S) groups is 1. The van der Waals surface area contributed by atoms with Gasteiger partial charge in [-0.3, -0.25) is 15.4 Å². The lowest BCUT2D eigenvalue weighted by Crippen LogP contribution is -2.41. The Kier molecular flexibility index (Phi) is 6.12. The number of urea groups is 1. The number of nitrogens with one attached hydrogen (secondary N) is 2. The molecule has 0 atom stereocenters. The predicted octanol–water partition coefficient (Wildman–Crippen LogP) is 3.34. The molecule has 0 unspecified atom stereocenters. The highest BCUT2D eigenvalue weighted by atomic mass is 32.2. The molecule has 4 nitrogen and oxygen atoms in total. The maximum Gasteiger partial charge on any atom is 0.327 e. The van der Waals surface area contributed by atoms with Crippen LogP contribution in [0.1, 0.15) is 15.9 Å². The lowest BCUT2D eigenvalue weighted by atomic mass is 10.2. The number of imide groups is 1. The van der Waals surface area contributed by atoms with Gasteiger partial charge in [0.2, 0.25) is 0 Å². The summed E-state index contributed by atoms with van der Waals surface area (Å²) in [5.41, 5.74) is 1.53. The topological polar surface area (TPSA) is 58.2 Å². The first-order valence-corrected chi connectivity index (χ1v) is 7.92. The van der Waals surface area contributed by atoms with E-state index in [1.807, 2.05) is 30.3 Å². The van der Waals surface area contributed by atoms with E-state index in [-0.39, 0.29) is 0 Å². The first kappa shape index (κ1) is 16.2. The van der Waals surface area contributed by atoms with Crippen molar-refractivity contribution < 1.29 is 9.59 Å². The van der Waals surface area contributed by atoms with Crippen LogP contribution in [0, 0.1) is 0 Å². The molecule has 2 N–H and O–H groups in total. The van der Waals surface area contributed by atoms with E-state index < -0.39 is 11.9 Å². The molecule has 0 radical (unpaired) electrons. The standard InChI is InChI=1S/C16H14N2O2S2/c19-14(13-9-5-2-6-10-13)17-15(20)18-16(21)22-11-12-7-3-1-4-8-12/h1-10H,11H2,(H2,17,18,19,20,21). The molecule has 0 aromatic heterocycles. The summed E-state index contributed by atoms with van der Waals surface area (Å²) < 4.78 is 0.321. The minimum absolute atomic E-state index is 0.321. The molecular formula is C16H14N2O2S2. The zero-order valence-electron chi connectivity index (χ0n) is 11.6. The van der Waals surface area contributed by atoms with Crippen molar-refractivity contribution in [3.05, 3.63) is 71.8 Å². The second-order valence-electron chi connectivity index (χ2n) is 4.34. The van der Waals surface area contributed by atoms with Gasteiger partial charge in [-0.1, -0.05) is 72.5 Å². The van der Waals surface area contributed by atoms with E-state index in [1.165, 1.54) is 11.8 Å². The Bertz CT molecular complexity index is 660. The molecule has 2 aromatic carbocycles. The van der Waals surface area contributed by atoms with Crippen molar-refractivity contribution in [2.24, 2.45) is 0 Å². The van der Waals surface area contributed by atoms with Crippen LogP contribution in [-0.4, -0.2) is 16.3 Å². The molecule has 6 heteroatoms. The Labute approximate surface area is 138 Å². The lowest BCUT2D eigenvalue weighted by Gasteiger charge is -2.07. The fourth-order valence-electron chi connectivity index (χ4n) is 1.65. The third-order valence-electron chi connectivity index (χ3n) is 2.69. The summed E-state index contributed by atoms with van der Waals surface area (Å²) in [7, 11) is 0. The molecule has 0 heterocycles. The normalized spacial score (nSPS) is 9.82. The van der Waals surface area contributed by atoms with Gasteiger partial charge in [-0.25, -0.2) is 4.79 Å². The SMILES string of the molecule is O=C(NC(=O)c1ccccc1)NC(=S)SCc1ccccc1. The average molecular weight is 330 g/mol. The number of amides is 3. The number of rotatable bonds is 3. The van der Waals surface area contributed by atoms with Crippen LogP contribution in [0.3, 0.4) is 0 Å². The van der Waals surface area contributed by atoms with Crippen LogP contribution in [0.25, 0.3) is 0 Å². The molecule has 0 aliphatic heterocycles. The van der Waals surface area contributed by atoms with Crippen molar-refractivity contribution in [3.8, 4) is 0 Å². The number of thioether (sulfide) groups is 1. The van der Waals surface area contributed by atoms with Crippen molar-refractivity contribution in [1.29, 1.82) is 0 Å². The quantitative estimate of drug-likeness (QED) is 0.848. The maximum absolute atomic E-state index is 11.8. The monoisotopic (exact) mass is 330 g/mol. The molecule has 0 saturated carbocycles. The highest BCUT2D eigenvalue weighted by Crippen LogP contribution is 2.12. The van der Waals surface area contributed by atoms with Crippen molar-refractivity contribution >= 4 is 40.2 Å². The summed E-state index contributed by atoms with van der Waals surface area (Å²) in [6, 6.07) is 17.7. The Hall–Kier alpha value is -2.18. The second kappa shape index (κ2) is 8.31. The van der Waals surface area contributed by atoms with Gasteiger partial charge in [0.25, 0.3) is 5.91 Å². The Morgan fingerprint density at radius 1 is 0.909 bits per heavy atom. The summed E-state index contributed by atoms with van der Waals surface area (Å²) in [4.78, 5) is 23.5. The van der Waals surface area contributed by atoms with E-state index in [1.54, 1.807) is 30.3 Å². The number of carbonyl (C=O) groups excluding carboxylic acids is 2. The lowest BCUT2D eigenvalue weighted by molar-refractivity contribution is 0.0965. The fourth-order valence-corrected chi connectivity index (χ4v) is 2.57. The number of hydrogen-bond acceptors (Lipinski definition) is 4. The second-order valence-corrected chi connectivity index (χ2v) is 5.99. The van der Waals surface area contributed by atoms with Crippen LogP contribution in [0.15, 0.2) is 60.7 Å². The van der Waals surface area contributed by atoms with E-state index in [2.05, 4.69) is 10.6 Å². The molecule has 0 spiro atoms. The zero-order valence-corrected chi connectivity index (χ0v) is 13.2. The minimum Gasteiger partial charge on any atom is -0.293 e. The number of hydrogen-bond donors (Lipinski definition) is 2. The predicted molar refractivity (Wildman–Crippen MR) is 92.8 cm³/mol. The van der Waals surface area contributed by atoms with E-state index in [0.717, 1.165) is 5.56 Å². The smallest absolute Gasteiger partial charge is 0.293 e. The summed E-state index contributed by atoms with van der Waals surface area (Å²) >= 11 is 6.41. The molecule has 0 aliphatic rings. The van der Waals surface area contributed by atoms with Crippen LogP contribution < -0.4 is 10.6 Å². The summed E-state index contributed by atoms with van der Waals surface area (Å²) in [6.45, 7) is 0. The molecular weight excluding hydrogens is 316 g/mol. The summed E-state index contributed by atoms with van der Waals surface area (Å²) in [6.07, 6.45) is 0. The third kappa shape index (κ3) is 5.31. The number of carbonyl (C=O) groups is 2. The van der Waals surface area contributed by atoms with Gasteiger partial charge in [-0.2, -0.15) is 0 Å². The van der Waals surface area contributed by atoms with Crippen molar-refractivity contribution in [3.63, 3.8) is 0 Å². The highest BCUT2D eigenvalue weighted by molar-refractivity contribution is 8.22. The first-order chi connectivity index (χ1) is 10.6. The molecule has 3 amide bonds. The van der Waals surface area contributed by atoms with Gasteiger partial charge >= 0.3 is 6.03 Å². The van der Waals surface area contributed by atoms with Gasteiger partial charge in [-0.05, 0) is 17.7 Å². The average Bonchev–Trinajstić information content (AvgIpc) is 2.54. The fraction of sp³-hybridized carbons (Fsp3) is 0.0625. The molecule has 22 heavy (non-hydrogen) atoms. The van der Waals surface area contributed by atoms with Crippen LogP contribution in [0.4, 0.5) is 4.79 Å². The van der Waals surface area contributed by atoms with Crippen LogP contribution in [-0.2, 0) is 5.75 Å². The van der Waals surface area contributed by atoms with Crippen LogP contribution in [0.5, 0.6) is 0 Å². The van der Waals surface area contributed by atoms with Crippen molar-refractivity contribution in [2.75, 3.05) is 0 Å². The van der Waals surface area contributed by atoms with Crippen molar-refractivity contribution in [1.82, 2.24) is 10.6 Å². The first-order valence-electron chi connectivity index (χ1n) is 6.53. The molecule has 0 fully saturated rings. The van der Waals surface area contributed by atoms with Crippen molar-refractivity contribution in [2.45, 2.75) is 5.75 Å². The molecule has 2 aromatic rings. The van der Waals surface area contributed by atoms with Gasteiger partial charge in [0.1, 0.15) is 4.32 Å². The van der Waals surface area contributed by atoms with Gasteiger partial charge in [0.15, 0.2) is 0 Å². The molecule has 0 aliphatic carbocycles. The van der Waals surface area contributed by atoms with Gasteiger partial charge < -0.3 is 0 Å². The Balaban J connectivity index is 1.77. The van der Waals surface area contributed by atoms with Gasteiger partial charge in [-0.15, -0.1) is 0 Å². The summed E-state index contributed by atoms with van der Waals surface area (Å²) in [5, 5.41) is 4.71. The van der Waals surface area contributed by atoms with Gasteiger partial charge in [0, 0.05) is 11.3 Å².